The molecule has 1 aliphatic heterocycles. The van der Waals surface area contributed by atoms with Crippen molar-refractivity contribution in [2.24, 2.45) is 0 Å². The monoisotopic (exact) mass is 427 g/mol. The Labute approximate surface area is 152 Å². The SMILES string of the molecule is O=C(O)c1cc2cc(c1)S(=O)(=O)NCCCNc1nc(ncc1Br)N2. The minimum atomic E-state index is -3.83. The van der Waals surface area contributed by atoms with Crippen LogP contribution in [-0.2, 0) is 10.0 Å². The number of carboxylic acid groups (broad SMARTS) is 1. The average molecular weight is 428 g/mol. The number of fused-ring (bicyclic) bond motifs is 4. The Morgan fingerprint density at radius 3 is 2.80 bits per heavy atom. The predicted octanol–water partition coefficient (Wildman–Crippen LogP) is 1.77. The minimum absolute atomic E-state index is 0.139. The van der Waals surface area contributed by atoms with Gasteiger partial charge in [0.1, 0.15) is 5.82 Å². The Balaban J connectivity index is 2.12. The summed E-state index contributed by atoms with van der Waals surface area (Å²) in [5, 5.41) is 15.2. The summed E-state index contributed by atoms with van der Waals surface area (Å²) in [6.07, 6.45) is 2.07. The van der Waals surface area contributed by atoms with Gasteiger partial charge in [-0.15, -0.1) is 0 Å². The molecular formula is C14H14BrN5O4S. The second kappa shape index (κ2) is 6.94. The minimum Gasteiger partial charge on any atom is -0.478 e. The maximum absolute atomic E-state index is 12.4. The molecule has 2 heterocycles. The first-order chi connectivity index (χ1) is 11.8. The number of aromatic nitrogens is 2. The largest absolute Gasteiger partial charge is 0.478 e. The van der Waals surface area contributed by atoms with Crippen LogP contribution in [0.1, 0.15) is 16.8 Å². The van der Waals surface area contributed by atoms with Crippen molar-refractivity contribution >= 4 is 49.4 Å². The number of hydrogen-bond acceptors (Lipinski definition) is 7. The lowest BCUT2D eigenvalue weighted by Crippen LogP contribution is -2.26. The molecular weight excluding hydrogens is 414 g/mol. The van der Waals surface area contributed by atoms with Crippen molar-refractivity contribution in [3.8, 4) is 0 Å². The molecule has 1 aliphatic rings. The number of halogens is 1. The first-order valence-corrected chi connectivity index (χ1v) is 9.54. The van der Waals surface area contributed by atoms with E-state index < -0.39 is 16.0 Å². The molecule has 0 unspecified atom stereocenters. The molecule has 0 amide bonds. The second-order valence-electron chi connectivity index (χ2n) is 5.24. The molecule has 0 saturated heterocycles. The Morgan fingerprint density at radius 2 is 2.04 bits per heavy atom. The van der Waals surface area contributed by atoms with Gasteiger partial charge in [0, 0.05) is 25.0 Å². The van der Waals surface area contributed by atoms with Crippen LogP contribution in [0.5, 0.6) is 0 Å². The highest BCUT2D eigenvalue weighted by molar-refractivity contribution is 9.10. The Bertz CT molecular complexity index is 935. The van der Waals surface area contributed by atoms with Gasteiger partial charge < -0.3 is 15.7 Å². The molecule has 2 aromatic rings. The molecule has 132 valence electrons. The zero-order chi connectivity index (χ0) is 18.0. The fourth-order valence-corrected chi connectivity index (χ4v) is 3.69. The Kier molecular flexibility index (Phi) is 4.88. The fourth-order valence-electron chi connectivity index (χ4n) is 2.22. The molecule has 1 aromatic carbocycles. The van der Waals surface area contributed by atoms with Gasteiger partial charge in [-0.05, 0) is 40.5 Å². The van der Waals surface area contributed by atoms with E-state index in [4.69, 9.17) is 0 Å². The summed E-state index contributed by atoms with van der Waals surface area (Å²) < 4.78 is 27.9. The van der Waals surface area contributed by atoms with Gasteiger partial charge in [0.15, 0.2) is 0 Å². The van der Waals surface area contributed by atoms with E-state index in [0.717, 1.165) is 6.07 Å². The molecule has 0 saturated carbocycles. The van der Waals surface area contributed by atoms with Crippen molar-refractivity contribution in [1.29, 1.82) is 0 Å². The van der Waals surface area contributed by atoms with Gasteiger partial charge in [-0.3, -0.25) is 0 Å². The van der Waals surface area contributed by atoms with E-state index >= 15 is 0 Å². The second-order valence-corrected chi connectivity index (χ2v) is 7.87. The number of carbonyl (C=O) groups is 1. The van der Waals surface area contributed by atoms with E-state index in [1.807, 2.05) is 0 Å². The maximum Gasteiger partial charge on any atom is 0.335 e. The zero-order valence-electron chi connectivity index (χ0n) is 12.8. The first kappa shape index (κ1) is 17.6. The maximum atomic E-state index is 12.4. The Hall–Kier alpha value is -2.24. The third-order valence-electron chi connectivity index (χ3n) is 3.40. The van der Waals surface area contributed by atoms with Crippen LogP contribution in [0.4, 0.5) is 17.5 Å². The fraction of sp³-hybridized carbons (Fsp3) is 0.214. The van der Waals surface area contributed by atoms with Gasteiger partial charge in [0.05, 0.1) is 14.9 Å². The highest BCUT2D eigenvalue weighted by Gasteiger charge is 2.19. The van der Waals surface area contributed by atoms with Crippen LogP contribution in [0.2, 0.25) is 0 Å². The van der Waals surface area contributed by atoms with Crippen molar-refractivity contribution in [2.45, 2.75) is 11.3 Å². The standard InChI is InChI=1S/C14H14BrN5O4S/c15-11-7-17-14-19-9-4-8(13(21)22)5-10(6-9)25(23,24)18-3-1-2-16-12(11)20-14/h4-7,18H,1-3H2,(H,21,22)(H2,16,17,19,20). The van der Waals surface area contributed by atoms with Crippen LogP contribution in [0.15, 0.2) is 33.8 Å². The molecule has 0 aliphatic carbocycles. The molecule has 0 fully saturated rings. The predicted molar refractivity (Wildman–Crippen MR) is 94.7 cm³/mol. The van der Waals surface area contributed by atoms with Gasteiger partial charge >= 0.3 is 5.97 Å². The molecule has 11 heteroatoms. The van der Waals surface area contributed by atoms with Crippen molar-refractivity contribution in [3.05, 3.63) is 34.4 Å². The van der Waals surface area contributed by atoms with E-state index in [1.165, 1.54) is 12.1 Å². The molecule has 1 aromatic heterocycles. The molecule has 4 N–H and O–H groups in total. The van der Waals surface area contributed by atoms with Crippen LogP contribution in [0.3, 0.4) is 0 Å². The summed E-state index contributed by atoms with van der Waals surface area (Å²) in [4.78, 5) is 19.6. The van der Waals surface area contributed by atoms with Crippen LogP contribution >= 0.6 is 15.9 Å². The van der Waals surface area contributed by atoms with Crippen LogP contribution in [0.25, 0.3) is 0 Å². The summed E-state index contributed by atoms with van der Waals surface area (Å²) in [7, 11) is -3.83. The molecule has 0 radical (unpaired) electrons. The molecule has 3 rings (SSSR count). The highest BCUT2D eigenvalue weighted by Crippen LogP contribution is 2.25. The summed E-state index contributed by atoms with van der Waals surface area (Å²) >= 11 is 3.34. The van der Waals surface area contributed by atoms with Crippen molar-refractivity contribution in [3.63, 3.8) is 0 Å². The van der Waals surface area contributed by atoms with Gasteiger partial charge in [-0.1, -0.05) is 0 Å². The quantitative estimate of drug-likeness (QED) is 0.540. The number of rotatable bonds is 1. The molecule has 9 nitrogen and oxygen atoms in total. The van der Waals surface area contributed by atoms with Crippen LogP contribution in [-0.4, -0.2) is 42.6 Å². The number of aromatic carboxylic acids is 1. The smallest absolute Gasteiger partial charge is 0.335 e. The normalized spacial score (nSPS) is 16.4. The first-order valence-electron chi connectivity index (χ1n) is 7.27. The van der Waals surface area contributed by atoms with Crippen LogP contribution < -0.4 is 15.4 Å². The van der Waals surface area contributed by atoms with Gasteiger partial charge in [0.2, 0.25) is 16.0 Å². The lowest BCUT2D eigenvalue weighted by molar-refractivity contribution is 0.0696. The van der Waals surface area contributed by atoms with Crippen LogP contribution in [0, 0.1) is 0 Å². The number of nitrogens with one attached hydrogen (secondary N) is 3. The average Bonchev–Trinajstić information content (AvgIpc) is 2.56. The third kappa shape index (κ3) is 4.06. The number of hydrogen-bond donors (Lipinski definition) is 4. The Morgan fingerprint density at radius 1 is 1.24 bits per heavy atom. The lowest BCUT2D eigenvalue weighted by Gasteiger charge is -2.10. The summed E-state index contributed by atoms with van der Waals surface area (Å²) in [6, 6.07) is 3.77. The van der Waals surface area contributed by atoms with E-state index in [1.54, 1.807) is 6.20 Å². The summed E-state index contributed by atoms with van der Waals surface area (Å²) in [5.74, 6) is -0.471. The zero-order valence-corrected chi connectivity index (χ0v) is 15.2. The number of benzene rings is 1. The number of carboxylic acids is 1. The van der Waals surface area contributed by atoms with E-state index in [9.17, 15) is 18.3 Å². The molecule has 0 spiro atoms. The number of anilines is 3. The molecule has 25 heavy (non-hydrogen) atoms. The lowest BCUT2D eigenvalue weighted by atomic mass is 10.2. The van der Waals surface area contributed by atoms with Gasteiger partial charge in [0.25, 0.3) is 0 Å². The van der Waals surface area contributed by atoms with Gasteiger partial charge in [-0.25, -0.2) is 22.9 Å². The topological polar surface area (TPSA) is 133 Å². The molecule has 4 bridgehead atoms. The third-order valence-corrected chi connectivity index (χ3v) is 5.42. The van der Waals surface area contributed by atoms with Crippen molar-refractivity contribution in [1.82, 2.24) is 14.7 Å². The van der Waals surface area contributed by atoms with Crippen molar-refractivity contribution in [2.75, 3.05) is 23.7 Å². The number of sulfonamides is 1. The summed E-state index contributed by atoms with van der Waals surface area (Å²) in [6.45, 7) is 0.695. The van der Waals surface area contributed by atoms with Gasteiger partial charge in [-0.2, -0.15) is 4.98 Å². The summed E-state index contributed by atoms with van der Waals surface area (Å²) in [5.41, 5.74) is 0.100. The number of nitrogens with zero attached hydrogens (tertiary/aromatic N) is 2. The van der Waals surface area contributed by atoms with E-state index in [2.05, 4.69) is 41.3 Å². The highest BCUT2D eigenvalue weighted by atomic mass is 79.9. The van der Waals surface area contributed by atoms with E-state index in [0.29, 0.717) is 23.3 Å². The molecule has 0 atom stereocenters. The van der Waals surface area contributed by atoms with E-state index in [-0.39, 0.29) is 28.6 Å². The van der Waals surface area contributed by atoms with Crippen molar-refractivity contribution < 1.29 is 18.3 Å².